The lowest BCUT2D eigenvalue weighted by molar-refractivity contribution is 1.19. The van der Waals surface area contributed by atoms with Crippen molar-refractivity contribution >= 4 is 135 Å². The number of fused-ring (bicyclic) bond motifs is 17. The molecule has 1 unspecified atom stereocenters. The van der Waals surface area contributed by atoms with Gasteiger partial charge in [0.2, 0.25) is 0 Å². The largest absolute Gasteiger partial charge is 0.361 e. The van der Waals surface area contributed by atoms with E-state index in [0.29, 0.717) is 0 Å². The van der Waals surface area contributed by atoms with Gasteiger partial charge in [-0.15, -0.1) is 22.7 Å². The Balaban J connectivity index is 1.18. The molecule has 0 spiro atoms. The molecule has 0 saturated heterocycles. The smallest absolute Gasteiger partial charge is 0.145 e. The second-order valence-electron chi connectivity index (χ2n) is 13.6. The summed E-state index contributed by atoms with van der Waals surface area (Å²) < 4.78 is 6.37. The summed E-state index contributed by atoms with van der Waals surface area (Å²) in [5.74, 6) is 0. The maximum absolute atomic E-state index is 7.02. The fourth-order valence-corrected chi connectivity index (χ4v) is 11.3. The van der Waals surface area contributed by atoms with Crippen molar-refractivity contribution < 1.29 is 0 Å². The fraction of sp³-hybridized carbons (Fsp3) is 0.0217. The maximum atomic E-state index is 7.02. The third-order valence-corrected chi connectivity index (χ3v) is 13.5. The Labute approximate surface area is 310 Å². The van der Waals surface area contributed by atoms with Gasteiger partial charge in [-0.1, -0.05) is 139 Å². The molecule has 1 atom stereocenters. The van der Waals surface area contributed by atoms with Gasteiger partial charge in [0, 0.05) is 47.4 Å². The van der Waals surface area contributed by atoms with E-state index in [1.807, 2.05) is 11.3 Å². The van der Waals surface area contributed by atoms with Crippen LogP contribution in [0.15, 0.2) is 151 Å². The first-order valence-electron chi connectivity index (χ1n) is 17.4. The highest BCUT2D eigenvalue weighted by atomic mass is 35.5. The first-order valence-corrected chi connectivity index (χ1v) is 19.5. The molecule has 1 N–H and O–H groups in total. The number of hydrogen-bond donors (Lipinski definition) is 1. The molecule has 0 saturated carbocycles. The van der Waals surface area contributed by atoms with Crippen molar-refractivity contribution in [3.63, 3.8) is 0 Å². The lowest BCUT2D eigenvalue weighted by Crippen LogP contribution is -2.26. The molecule has 1 aliphatic heterocycles. The Bertz CT molecular complexity index is 3350. The van der Waals surface area contributed by atoms with Crippen LogP contribution in [0, 0.1) is 0 Å². The summed E-state index contributed by atoms with van der Waals surface area (Å²) in [6.45, 7) is 0. The summed E-state index contributed by atoms with van der Waals surface area (Å²) in [5.41, 5.74) is 6.01. The minimum Gasteiger partial charge on any atom is -0.361 e. The van der Waals surface area contributed by atoms with E-state index in [0.717, 1.165) is 33.0 Å². The van der Waals surface area contributed by atoms with Gasteiger partial charge in [-0.3, -0.25) is 0 Å². The van der Waals surface area contributed by atoms with Crippen molar-refractivity contribution in [2.75, 3.05) is 5.32 Å². The highest BCUT2D eigenvalue weighted by molar-refractivity contribution is 7.27. The van der Waals surface area contributed by atoms with E-state index < -0.39 is 5.50 Å². The normalized spacial score (nSPS) is 14.7. The second kappa shape index (κ2) is 10.7. The van der Waals surface area contributed by atoms with E-state index >= 15 is 0 Å². The Morgan fingerprint density at radius 3 is 1.94 bits per heavy atom. The van der Waals surface area contributed by atoms with E-state index in [-0.39, 0.29) is 0 Å². The number of aliphatic imine (C=N–C) groups is 1. The van der Waals surface area contributed by atoms with E-state index in [4.69, 9.17) is 16.6 Å². The highest BCUT2D eigenvalue weighted by Crippen LogP contribution is 2.50. The maximum Gasteiger partial charge on any atom is 0.145 e. The van der Waals surface area contributed by atoms with Crippen LogP contribution in [0.4, 0.5) is 10.7 Å². The average Bonchev–Trinajstić information content (AvgIpc) is 3.88. The molecule has 4 heterocycles. The van der Waals surface area contributed by atoms with E-state index in [9.17, 15) is 0 Å². The van der Waals surface area contributed by atoms with Crippen molar-refractivity contribution in [1.82, 2.24) is 4.57 Å². The molecule has 0 radical (unpaired) electrons. The third-order valence-electron chi connectivity index (χ3n) is 10.8. The molecule has 0 amide bonds. The summed E-state index contributed by atoms with van der Waals surface area (Å²) in [6, 6.07) is 53.0. The molecule has 1 aliphatic rings. The Kier molecular flexibility index (Phi) is 5.93. The van der Waals surface area contributed by atoms with Crippen molar-refractivity contribution in [3.05, 3.63) is 151 Å². The molecule has 52 heavy (non-hydrogen) atoms. The van der Waals surface area contributed by atoms with Gasteiger partial charge in [0.05, 0.1) is 27.1 Å². The summed E-state index contributed by atoms with van der Waals surface area (Å²) >= 11 is 10.6. The lowest BCUT2D eigenvalue weighted by atomic mass is 9.97. The van der Waals surface area contributed by atoms with Gasteiger partial charge in [0.1, 0.15) is 10.5 Å². The minimum absolute atomic E-state index is 0.437. The predicted octanol–water partition coefficient (Wildman–Crippen LogP) is 13.9. The summed E-state index contributed by atoms with van der Waals surface area (Å²) in [5, 5.41) is 18.5. The molecular weight excluding hydrogens is 694 g/mol. The van der Waals surface area contributed by atoms with Gasteiger partial charge >= 0.3 is 0 Å². The van der Waals surface area contributed by atoms with Crippen LogP contribution in [-0.4, -0.2) is 15.8 Å². The van der Waals surface area contributed by atoms with Gasteiger partial charge in [0.25, 0.3) is 0 Å². The van der Waals surface area contributed by atoms with Gasteiger partial charge in [0.15, 0.2) is 0 Å². The number of anilines is 1. The monoisotopic (exact) mass is 719 g/mol. The predicted molar refractivity (Wildman–Crippen MR) is 227 cm³/mol. The quantitative estimate of drug-likeness (QED) is 0.140. The molecule has 3 nitrogen and oxygen atoms in total. The number of benzene rings is 8. The van der Waals surface area contributed by atoms with Gasteiger partial charge in [-0.2, -0.15) is 0 Å². The standard InChI is InChI=1S/C46H26ClN3S2/c47-45-39(49-46-40(48-45)33-15-7-8-16-36(33)51-46)27-17-21-28(22-18-27)50-41-29-11-3-1-9-25(29)19-23-34(41)37-31-13-5-6-14-32(31)38-35-24-20-26-10-2-4-12-30(26)43(35)52-44(38)42(37)50/h1-24,45,48H. The first-order chi connectivity index (χ1) is 25.7. The number of aromatic nitrogens is 1. The van der Waals surface area contributed by atoms with Crippen LogP contribution in [0.3, 0.4) is 0 Å². The van der Waals surface area contributed by atoms with Crippen molar-refractivity contribution in [3.8, 4) is 5.69 Å². The van der Waals surface area contributed by atoms with Crippen LogP contribution >= 0.6 is 34.3 Å². The molecule has 244 valence electrons. The molecule has 11 aromatic rings. The topological polar surface area (TPSA) is 29.3 Å². The zero-order chi connectivity index (χ0) is 34.1. The number of hydrogen-bond acceptors (Lipinski definition) is 4. The zero-order valence-electron chi connectivity index (χ0n) is 27.5. The number of halogens is 1. The Hall–Kier alpha value is -5.72. The molecule has 12 rings (SSSR count). The van der Waals surface area contributed by atoms with Crippen LogP contribution in [0.25, 0.3) is 90.1 Å². The van der Waals surface area contributed by atoms with E-state index in [2.05, 4.69) is 155 Å². The van der Waals surface area contributed by atoms with Gasteiger partial charge in [-0.05, 0) is 50.7 Å². The van der Waals surface area contributed by atoms with Gasteiger partial charge in [-0.25, -0.2) is 4.99 Å². The highest BCUT2D eigenvalue weighted by Gasteiger charge is 2.27. The van der Waals surface area contributed by atoms with Crippen molar-refractivity contribution in [2.45, 2.75) is 5.50 Å². The summed E-state index contributed by atoms with van der Waals surface area (Å²) in [6.07, 6.45) is 0. The van der Waals surface area contributed by atoms with Gasteiger partial charge < -0.3 is 9.88 Å². The number of nitrogens with zero attached hydrogens (tertiary/aromatic N) is 2. The fourth-order valence-electron chi connectivity index (χ4n) is 8.58. The van der Waals surface area contributed by atoms with E-state index in [1.165, 1.54) is 79.0 Å². The molecule has 6 heteroatoms. The summed E-state index contributed by atoms with van der Waals surface area (Å²) in [7, 11) is 0. The Morgan fingerprint density at radius 1 is 0.519 bits per heavy atom. The lowest BCUT2D eigenvalue weighted by Gasteiger charge is -2.21. The number of alkyl halides is 1. The van der Waals surface area contributed by atoms with Crippen LogP contribution in [0.2, 0.25) is 0 Å². The molecular formula is C46H26ClN3S2. The third kappa shape index (κ3) is 3.88. The molecule has 0 fully saturated rings. The molecule has 3 aromatic heterocycles. The number of thiophene rings is 2. The van der Waals surface area contributed by atoms with Crippen LogP contribution in [0.1, 0.15) is 5.56 Å². The van der Waals surface area contributed by atoms with Crippen molar-refractivity contribution in [1.29, 1.82) is 0 Å². The molecule has 8 aromatic carbocycles. The van der Waals surface area contributed by atoms with E-state index in [1.54, 1.807) is 11.3 Å². The number of nitrogens with one attached hydrogen (secondary N) is 1. The zero-order valence-corrected chi connectivity index (χ0v) is 29.9. The SMILES string of the molecule is ClC1Nc2c(sc3ccccc23)N=C1c1ccc(-n2c3c4ccccc4ccc3c3c4ccccc4c4c5ccc6ccccc6c5sc4c32)cc1. The minimum atomic E-state index is -0.437. The second-order valence-corrected chi connectivity index (χ2v) is 16.1. The van der Waals surface area contributed by atoms with Crippen LogP contribution in [-0.2, 0) is 0 Å². The first kappa shape index (κ1) is 28.9. The van der Waals surface area contributed by atoms with Crippen LogP contribution in [0.5, 0.6) is 0 Å². The molecule has 0 bridgehead atoms. The van der Waals surface area contributed by atoms with Crippen molar-refractivity contribution in [2.24, 2.45) is 4.99 Å². The van der Waals surface area contributed by atoms with Crippen LogP contribution < -0.4 is 5.32 Å². The number of rotatable bonds is 2. The average molecular weight is 720 g/mol. The molecule has 0 aliphatic carbocycles. The Morgan fingerprint density at radius 2 is 1.15 bits per heavy atom. The summed E-state index contributed by atoms with van der Waals surface area (Å²) in [4.78, 5) is 5.13.